The molecule has 0 atom stereocenters. The number of carboxylic acids is 1. The number of carboxylic acid groups (broad SMARTS) is 1. The summed E-state index contributed by atoms with van der Waals surface area (Å²) in [5.74, 6) is -0.484. The molecule has 22 heavy (non-hydrogen) atoms. The normalized spacial score (nSPS) is 11.5. The minimum atomic E-state index is -1.27. The number of aliphatic carboxylic acids is 1. The number of rotatable bonds is 4. The number of fused-ring (bicyclic) bond motifs is 1. The molecular formula is C17H15NO3S. The van der Waals surface area contributed by atoms with Gasteiger partial charge in [-0.05, 0) is 38.1 Å². The zero-order valence-electron chi connectivity index (χ0n) is 12.2. The van der Waals surface area contributed by atoms with Gasteiger partial charge in [0.2, 0.25) is 0 Å². The van der Waals surface area contributed by atoms with E-state index in [0.717, 1.165) is 20.8 Å². The van der Waals surface area contributed by atoms with Crippen molar-refractivity contribution in [1.29, 1.82) is 0 Å². The highest BCUT2D eigenvalue weighted by Crippen LogP contribution is 2.32. The smallest absolute Gasteiger partial charge is 0.347 e. The molecule has 0 saturated heterocycles. The van der Waals surface area contributed by atoms with Crippen LogP contribution in [0.1, 0.15) is 13.8 Å². The van der Waals surface area contributed by atoms with Gasteiger partial charge in [-0.3, -0.25) is 0 Å². The molecule has 4 nitrogen and oxygen atoms in total. The molecule has 3 rings (SSSR count). The third kappa shape index (κ3) is 2.80. The van der Waals surface area contributed by atoms with E-state index >= 15 is 0 Å². The molecule has 112 valence electrons. The largest absolute Gasteiger partial charge is 0.478 e. The Morgan fingerprint density at radius 2 is 1.95 bits per heavy atom. The summed E-state index contributed by atoms with van der Waals surface area (Å²) in [5.41, 5.74) is 0.603. The van der Waals surface area contributed by atoms with Crippen LogP contribution in [0.5, 0.6) is 5.75 Å². The SMILES string of the molecule is CC(C)(Oc1cccc(-c2nc3ccccc3s2)c1)C(=O)O. The van der Waals surface area contributed by atoms with Gasteiger partial charge in [0.05, 0.1) is 10.2 Å². The fourth-order valence-corrected chi connectivity index (χ4v) is 2.99. The summed E-state index contributed by atoms with van der Waals surface area (Å²) in [6.45, 7) is 3.05. The summed E-state index contributed by atoms with van der Waals surface area (Å²) < 4.78 is 6.70. The topological polar surface area (TPSA) is 59.4 Å². The van der Waals surface area contributed by atoms with Crippen LogP contribution < -0.4 is 4.74 Å². The number of hydrogen-bond acceptors (Lipinski definition) is 4. The van der Waals surface area contributed by atoms with E-state index < -0.39 is 11.6 Å². The van der Waals surface area contributed by atoms with Gasteiger partial charge in [0.15, 0.2) is 5.60 Å². The van der Waals surface area contributed by atoms with Gasteiger partial charge in [0.25, 0.3) is 0 Å². The van der Waals surface area contributed by atoms with Crippen molar-refractivity contribution in [3.05, 3.63) is 48.5 Å². The number of hydrogen-bond donors (Lipinski definition) is 1. The highest BCUT2D eigenvalue weighted by atomic mass is 32.1. The molecule has 3 aromatic rings. The molecule has 0 radical (unpaired) electrons. The Hall–Kier alpha value is -2.40. The summed E-state index contributed by atoms with van der Waals surface area (Å²) in [6, 6.07) is 15.3. The predicted molar refractivity (Wildman–Crippen MR) is 87.4 cm³/mol. The van der Waals surface area contributed by atoms with E-state index in [1.807, 2.05) is 42.5 Å². The minimum Gasteiger partial charge on any atom is -0.478 e. The van der Waals surface area contributed by atoms with Crippen molar-refractivity contribution in [3.8, 4) is 16.3 Å². The van der Waals surface area contributed by atoms with E-state index in [-0.39, 0.29) is 0 Å². The molecule has 0 unspecified atom stereocenters. The molecule has 0 bridgehead atoms. The van der Waals surface area contributed by atoms with Crippen LogP contribution in [0, 0.1) is 0 Å². The first kappa shape index (κ1) is 14.5. The minimum absolute atomic E-state index is 0.518. The quantitative estimate of drug-likeness (QED) is 0.784. The van der Waals surface area contributed by atoms with Crippen LogP contribution in [0.15, 0.2) is 48.5 Å². The summed E-state index contributed by atoms with van der Waals surface area (Å²) in [6.07, 6.45) is 0. The molecule has 0 saturated carbocycles. The van der Waals surface area contributed by atoms with Gasteiger partial charge in [-0.2, -0.15) is 0 Å². The molecule has 2 aromatic carbocycles. The number of benzene rings is 2. The van der Waals surface area contributed by atoms with Crippen LogP contribution in [0.2, 0.25) is 0 Å². The lowest BCUT2D eigenvalue weighted by Crippen LogP contribution is -2.37. The van der Waals surface area contributed by atoms with Crippen molar-refractivity contribution in [2.75, 3.05) is 0 Å². The van der Waals surface area contributed by atoms with Gasteiger partial charge in [-0.15, -0.1) is 11.3 Å². The number of para-hydroxylation sites is 1. The standard InChI is InChI=1S/C17H15NO3S/c1-17(2,16(19)20)21-12-7-5-6-11(10-12)15-18-13-8-3-4-9-14(13)22-15/h3-10H,1-2H3,(H,19,20). The van der Waals surface area contributed by atoms with Gasteiger partial charge in [-0.25, -0.2) is 9.78 Å². The van der Waals surface area contributed by atoms with Crippen molar-refractivity contribution < 1.29 is 14.6 Å². The third-order valence-electron chi connectivity index (χ3n) is 3.26. The molecule has 0 spiro atoms. The first-order chi connectivity index (χ1) is 10.5. The molecule has 1 N–H and O–H groups in total. The maximum Gasteiger partial charge on any atom is 0.347 e. The third-order valence-corrected chi connectivity index (χ3v) is 4.35. The maximum atomic E-state index is 11.2. The lowest BCUT2D eigenvalue weighted by atomic mass is 10.1. The Bertz CT molecular complexity index is 806. The lowest BCUT2D eigenvalue weighted by Gasteiger charge is -2.21. The summed E-state index contributed by atoms with van der Waals surface area (Å²) >= 11 is 1.60. The Morgan fingerprint density at radius 1 is 1.18 bits per heavy atom. The summed E-state index contributed by atoms with van der Waals surface area (Å²) in [7, 11) is 0. The van der Waals surface area contributed by atoms with E-state index in [2.05, 4.69) is 4.98 Å². The van der Waals surface area contributed by atoms with Crippen LogP contribution in [0.25, 0.3) is 20.8 Å². The maximum absolute atomic E-state index is 11.2. The molecule has 0 fully saturated rings. The predicted octanol–water partition coefficient (Wildman–Crippen LogP) is 4.21. The Labute approximate surface area is 132 Å². The average Bonchev–Trinajstić information content (AvgIpc) is 2.91. The van der Waals surface area contributed by atoms with Gasteiger partial charge < -0.3 is 9.84 Å². The second-order valence-electron chi connectivity index (χ2n) is 5.43. The monoisotopic (exact) mass is 313 g/mol. The Morgan fingerprint density at radius 3 is 2.68 bits per heavy atom. The van der Waals surface area contributed by atoms with Crippen LogP contribution in [-0.4, -0.2) is 21.7 Å². The molecular weight excluding hydrogens is 298 g/mol. The number of thiazole rings is 1. The number of ether oxygens (including phenoxy) is 1. The first-order valence-corrected chi connectivity index (χ1v) is 7.66. The Balaban J connectivity index is 1.95. The lowest BCUT2D eigenvalue weighted by molar-refractivity contribution is -0.152. The zero-order valence-corrected chi connectivity index (χ0v) is 13.1. The van der Waals surface area contributed by atoms with E-state index in [1.54, 1.807) is 17.4 Å². The summed E-state index contributed by atoms with van der Waals surface area (Å²) in [4.78, 5) is 15.8. The summed E-state index contributed by atoms with van der Waals surface area (Å²) in [5, 5.41) is 10.0. The number of carbonyl (C=O) groups is 1. The van der Waals surface area contributed by atoms with Crippen LogP contribution in [0.4, 0.5) is 0 Å². The second kappa shape index (κ2) is 5.42. The van der Waals surface area contributed by atoms with Crippen molar-refractivity contribution in [2.24, 2.45) is 0 Å². The molecule has 1 aromatic heterocycles. The van der Waals surface area contributed by atoms with Gasteiger partial charge in [0.1, 0.15) is 10.8 Å². The fraction of sp³-hybridized carbons (Fsp3) is 0.176. The van der Waals surface area contributed by atoms with Gasteiger partial charge >= 0.3 is 5.97 Å². The number of nitrogens with zero attached hydrogens (tertiary/aromatic N) is 1. The van der Waals surface area contributed by atoms with Crippen molar-refractivity contribution in [1.82, 2.24) is 4.98 Å². The van der Waals surface area contributed by atoms with Gasteiger partial charge in [-0.1, -0.05) is 24.3 Å². The van der Waals surface area contributed by atoms with Crippen molar-refractivity contribution in [2.45, 2.75) is 19.4 Å². The van der Waals surface area contributed by atoms with Crippen LogP contribution in [0.3, 0.4) is 0 Å². The van der Waals surface area contributed by atoms with E-state index in [0.29, 0.717) is 5.75 Å². The molecule has 1 heterocycles. The zero-order chi connectivity index (χ0) is 15.7. The highest BCUT2D eigenvalue weighted by Gasteiger charge is 2.29. The van der Waals surface area contributed by atoms with Gasteiger partial charge in [0, 0.05) is 5.56 Å². The number of aromatic nitrogens is 1. The molecule has 0 aliphatic heterocycles. The second-order valence-corrected chi connectivity index (χ2v) is 6.46. The Kier molecular flexibility index (Phi) is 3.58. The molecule has 5 heteroatoms. The van der Waals surface area contributed by atoms with Crippen LogP contribution >= 0.6 is 11.3 Å². The fourth-order valence-electron chi connectivity index (χ4n) is 2.03. The molecule has 0 aliphatic carbocycles. The molecule has 0 aliphatic rings. The van der Waals surface area contributed by atoms with Crippen LogP contribution in [-0.2, 0) is 4.79 Å². The van der Waals surface area contributed by atoms with E-state index in [9.17, 15) is 4.79 Å². The van der Waals surface area contributed by atoms with Crippen molar-refractivity contribution >= 4 is 27.5 Å². The average molecular weight is 313 g/mol. The molecule has 0 amide bonds. The van der Waals surface area contributed by atoms with E-state index in [1.165, 1.54) is 13.8 Å². The highest BCUT2D eigenvalue weighted by molar-refractivity contribution is 7.21. The van der Waals surface area contributed by atoms with E-state index in [4.69, 9.17) is 9.84 Å². The first-order valence-electron chi connectivity index (χ1n) is 6.84. The van der Waals surface area contributed by atoms with Crippen molar-refractivity contribution in [3.63, 3.8) is 0 Å².